The van der Waals surface area contributed by atoms with Crippen molar-refractivity contribution in [1.82, 2.24) is 0 Å². The predicted molar refractivity (Wildman–Crippen MR) is 73.6 cm³/mol. The van der Waals surface area contributed by atoms with Crippen LogP contribution in [-0.2, 0) is 24.0 Å². The van der Waals surface area contributed by atoms with Crippen LogP contribution < -0.4 is 0 Å². The first kappa shape index (κ1) is 18.8. The second-order valence-corrected chi connectivity index (χ2v) is 4.77. The molecule has 0 amide bonds. The molecule has 19 heavy (non-hydrogen) atoms. The minimum Gasteiger partial charge on any atom is -0.331 e. The molecule has 0 aromatic carbocycles. The van der Waals surface area contributed by atoms with Crippen molar-refractivity contribution < 1.29 is 24.0 Å². The Bertz CT molecular complexity index is 198. The molecule has 1 atom stereocenters. The summed E-state index contributed by atoms with van der Waals surface area (Å²) in [4.78, 5) is 10.2. The van der Waals surface area contributed by atoms with Gasteiger partial charge in [-0.2, -0.15) is 0 Å². The van der Waals surface area contributed by atoms with Crippen molar-refractivity contribution in [1.29, 1.82) is 0 Å². The monoisotopic (exact) mass is 278 g/mol. The summed E-state index contributed by atoms with van der Waals surface area (Å²) in [5.41, 5.74) is 0. The van der Waals surface area contributed by atoms with E-state index in [4.69, 9.17) is 24.0 Å². The summed E-state index contributed by atoms with van der Waals surface area (Å²) >= 11 is 0. The van der Waals surface area contributed by atoms with Crippen LogP contribution in [0.2, 0.25) is 0 Å². The largest absolute Gasteiger partial charge is 0.331 e. The maximum absolute atomic E-state index is 5.67. The number of hydrogen-bond donors (Lipinski definition) is 0. The van der Waals surface area contributed by atoms with Crippen molar-refractivity contribution >= 4 is 0 Å². The van der Waals surface area contributed by atoms with Crippen LogP contribution >= 0.6 is 0 Å². The van der Waals surface area contributed by atoms with E-state index in [1.807, 2.05) is 6.92 Å². The van der Waals surface area contributed by atoms with Gasteiger partial charge in [-0.3, -0.25) is 0 Å². The molecular formula is C14H30O5. The Labute approximate surface area is 117 Å². The molecule has 0 aliphatic heterocycles. The van der Waals surface area contributed by atoms with Gasteiger partial charge in [0.25, 0.3) is 5.97 Å². The number of ether oxygens (including phenoxy) is 3. The molecule has 5 heteroatoms. The summed E-state index contributed by atoms with van der Waals surface area (Å²) in [6, 6.07) is 0. The van der Waals surface area contributed by atoms with Gasteiger partial charge in [-0.05, 0) is 25.7 Å². The third kappa shape index (κ3) is 9.35. The Morgan fingerprint density at radius 1 is 1.00 bits per heavy atom. The van der Waals surface area contributed by atoms with Gasteiger partial charge in [-0.25, -0.2) is 9.78 Å². The lowest BCUT2D eigenvalue weighted by Gasteiger charge is -2.31. The van der Waals surface area contributed by atoms with Crippen molar-refractivity contribution in [3.8, 4) is 0 Å². The van der Waals surface area contributed by atoms with Crippen LogP contribution in [0.15, 0.2) is 0 Å². The molecule has 0 aliphatic carbocycles. The molecule has 0 bridgehead atoms. The van der Waals surface area contributed by atoms with Crippen LogP contribution in [0.4, 0.5) is 0 Å². The molecule has 5 nitrogen and oxygen atoms in total. The molecule has 0 heterocycles. The van der Waals surface area contributed by atoms with Gasteiger partial charge < -0.3 is 14.2 Å². The van der Waals surface area contributed by atoms with Gasteiger partial charge >= 0.3 is 0 Å². The highest BCUT2D eigenvalue weighted by Crippen LogP contribution is 2.21. The molecule has 0 aromatic heterocycles. The highest BCUT2D eigenvalue weighted by molar-refractivity contribution is 4.57. The van der Waals surface area contributed by atoms with Gasteiger partial charge in [0.15, 0.2) is 0 Å². The van der Waals surface area contributed by atoms with E-state index >= 15 is 0 Å². The first-order valence-corrected chi connectivity index (χ1v) is 7.17. The molecule has 0 fully saturated rings. The minimum atomic E-state index is -0.952. The van der Waals surface area contributed by atoms with E-state index < -0.39 is 5.97 Å². The van der Waals surface area contributed by atoms with E-state index in [9.17, 15) is 0 Å². The van der Waals surface area contributed by atoms with Crippen molar-refractivity contribution in [2.24, 2.45) is 5.92 Å². The second kappa shape index (κ2) is 11.6. The van der Waals surface area contributed by atoms with Gasteiger partial charge in [0.05, 0.1) is 19.8 Å². The normalized spacial score (nSPS) is 14.8. The molecule has 0 spiro atoms. The molecule has 1 unspecified atom stereocenters. The fourth-order valence-corrected chi connectivity index (χ4v) is 1.47. The summed E-state index contributed by atoms with van der Waals surface area (Å²) in [5.74, 6) is -0.485. The van der Waals surface area contributed by atoms with Gasteiger partial charge in [0.1, 0.15) is 0 Å². The Hall–Kier alpha value is -0.200. The van der Waals surface area contributed by atoms with Gasteiger partial charge in [-0.15, -0.1) is 0 Å². The van der Waals surface area contributed by atoms with Gasteiger partial charge in [0, 0.05) is 20.1 Å². The van der Waals surface area contributed by atoms with Gasteiger partial charge in [-0.1, -0.05) is 20.8 Å². The maximum Gasteiger partial charge on any atom is 0.282 e. The van der Waals surface area contributed by atoms with Crippen LogP contribution in [0.3, 0.4) is 0 Å². The van der Waals surface area contributed by atoms with E-state index in [0.29, 0.717) is 38.8 Å². The van der Waals surface area contributed by atoms with Crippen LogP contribution in [0.25, 0.3) is 0 Å². The lowest BCUT2D eigenvalue weighted by atomic mass is 10.2. The topological polar surface area (TPSA) is 46.2 Å². The Morgan fingerprint density at radius 2 is 1.74 bits per heavy atom. The van der Waals surface area contributed by atoms with Crippen molar-refractivity contribution in [3.63, 3.8) is 0 Å². The molecule has 0 saturated heterocycles. The maximum atomic E-state index is 5.67. The highest BCUT2D eigenvalue weighted by atomic mass is 17.2. The number of rotatable bonds is 13. The lowest BCUT2D eigenvalue weighted by molar-refractivity contribution is -0.376. The summed E-state index contributed by atoms with van der Waals surface area (Å²) in [7, 11) is 1.60. The fraction of sp³-hybridized carbons (Fsp3) is 1.00. The van der Waals surface area contributed by atoms with Crippen LogP contribution in [0.5, 0.6) is 0 Å². The summed E-state index contributed by atoms with van der Waals surface area (Å²) in [6.07, 6.45) is 2.28. The predicted octanol–water partition coefficient (Wildman–Crippen LogP) is 3.13. The Kier molecular flexibility index (Phi) is 11.5. The standard InChI is InChI=1S/C14H30O5/c1-6-10-17-14(15-5,16-7-2)9-8-11-18-19-12-13(3)4/h13H,6-12H2,1-5H3. The summed E-state index contributed by atoms with van der Waals surface area (Å²) in [5, 5.41) is 0. The van der Waals surface area contributed by atoms with Crippen LogP contribution in [0.1, 0.15) is 47.0 Å². The molecule has 116 valence electrons. The molecule has 0 saturated carbocycles. The van der Waals surface area contributed by atoms with E-state index in [0.717, 1.165) is 12.8 Å². The molecule has 0 aliphatic rings. The molecular weight excluding hydrogens is 248 g/mol. The van der Waals surface area contributed by atoms with Crippen molar-refractivity contribution in [3.05, 3.63) is 0 Å². The first-order chi connectivity index (χ1) is 9.10. The van der Waals surface area contributed by atoms with Crippen LogP contribution in [-0.4, -0.2) is 39.5 Å². The average Bonchev–Trinajstić information content (AvgIpc) is 2.39. The van der Waals surface area contributed by atoms with Gasteiger partial charge in [0.2, 0.25) is 0 Å². The summed E-state index contributed by atoms with van der Waals surface area (Å²) in [6.45, 7) is 10.4. The lowest BCUT2D eigenvalue weighted by Crippen LogP contribution is -2.39. The zero-order valence-corrected chi connectivity index (χ0v) is 13.1. The molecule has 0 N–H and O–H groups in total. The number of hydrogen-bond acceptors (Lipinski definition) is 5. The smallest absolute Gasteiger partial charge is 0.282 e. The highest BCUT2D eigenvalue weighted by Gasteiger charge is 2.31. The third-order valence-corrected chi connectivity index (χ3v) is 2.40. The fourth-order valence-electron chi connectivity index (χ4n) is 1.47. The SMILES string of the molecule is CCCOC(CCCOOCC(C)C)(OC)OCC. The zero-order chi connectivity index (χ0) is 14.6. The Morgan fingerprint density at radius 3 is 2.26 bits per heavy atom. The van der Waals surface area contributed by atoms with E-state index in [2.05, 4.69) is 20.8 Å². The van der Waals surface area contributed by atoms with Crippen molar-refractivity contribution in [2.45, 2.75) is 52.9 Å². The van der Waals surface area contributed by atoms with E-state index in [-0.39, 0.29) is 0 Å². The average molecular weight is 278 g/mol. The number of methoxy groups -OCH3 is 1. The summed E-state index contributed by atoms with van der Waals surface area (Å²) < 4.78 is 16.6. The molecule has 0 radical (unpaired) electrons. The van der Waals surface area contributed by atoms with E-state index in [1.54, 1.807) is 7.11 Å². The van der Waals surface area contributed by atoms with Crippen molar-refractivity contribution in [2.75, 3.05) is 33.5 Å². The third-order valence-electron chi connectivity index (χ3n) is 2.40. The first-order valence-electron chi connectivity index (χ1n) is 7.17. The Balaban J connectivity index is 3.90. The molecule has 0 aromatic rings. The molecule has 0 rings (SSSR count). The minimum absolute atomic E-state index is 0.467. The quantitative estimate of drug-likeness (QED) is 0.224. The zero-order valence-electron chi connectivity index (χ0n) is 13.1. The van der Waals surface area contributed by atoms with Crippen LogP contribution in [0, 0.1) is 5.92 Å². The second-order valence-electron chi connectivity index (χ2n) is 4.77. The van der Waals surface area contributed by atoms with E-state index in [1.165, 1.54) is 0 Å².